The summed E-state index contributed by atoms with van der Waals surface area (Å²) in [7, 11) is 1.82. The van der Waals surface area contributed by atoms with Crippen LogP contribution in [-0.2, 0) is 4.79 Å². The second-order valence-electron chi connectivity index (χ2n) is 5.60. The second kappa shape index (κ2) is 5.36. The molecule has 4 heteroatoms. The van der Waals surface area contributed by atoms with Crippen molar-refractivity contribution in [3.8, 4) is 0 Å². The summed E-state index contributed by atoms with van der Waals surface area (Å²) in [6.07, 6.45) is 4.02. The van der Waals surface area contributed by atoms with Gasteiger partial charge in [0.1, 0.15) is 6.10 Å². The van der Waals surface area contributed by atoms with Gasteiger partial charge in [-0.25, -0.2) is 0 Å². The summed E-state index contributed by atoms with van der Waals surface area (Å²) in [5.41, 5.74) is 0. The van der Waals surface area contributed by atoms with Crippen molar-refractivity contribution < 1.29 is 9.90 Å². The average Bonchev–Trinajstić information content (AvgIpc) is 3.12. The van der Waals surface area contributed by atoms with Crippen molar-refractivity contribution in [2.45, 2.75) is 44.8 Å². The van der Waals surface area contributed by atoms with E-state index in [0.29, 0.717) is 6.04 Å². The van der Waals surface area contributed by atoms with E-state index in [4.69, 9.17) is 0 Å². The van der Waals surface area contributed by atoms with Crippen molar-refractivity contribution in [2.24, 2.45) is 5.92 Å². The van der Waals surface area contributed by atoms with E-state index in [2.05, 4.69) is 4.90 Å². The van der Waals surface area contributed by atoms with Gasteiger partial charge in [-0.05, 0) is 38.5 Å². The molecule has 0 radical (unpaired) electrons. The number of nitrogens with zero attached hydrogens (tertiary/aromatic N) is 2. The molecule has 2 fully saturated rings. The first-order chi connectivity index (χ1) is 8.08. The topological polar surface area (TPSA) is 43.8 Å². The van der Waals surface area contributed by atoms with E-state index in [-0.39, 0.29) is 5.91 Å². The van der Waals surface area contributed by atoms with Gasteiger partial charge >= 0.3 is 0 Å². The summed E-state index contributed by atoms with van der Waals surface area (Å²) >= 11 is 0. The lowest BCUT2D eigenvalue weighted by Gasteiger charge is -2.37. The molecule has 2 rings (SSSR count). The van der Waals surface area contributed by atoms with Gasteiger partial charge in [0, 0.05) is 32.7 Å². The maximum Gasteiger partial charge on any atom is 0.251 e. The molecular formula is C13H24N2O2. The predicted octanol–water partition coefficient (Wildman–Crippen LogP) is 0.700. The number of hydrogen-bond acceptors (Lipinski definition) is 3. The quantitative estimate of drug-likeness (QED) is 0.786. The van der Waals surface area contributed by atoms with Gasteiger partial charge in [-0.2, -0.15) is 0 Å². The molecule has 1 aliphatic carbocycles. The normalized spacial score (nSPS) is 24.6. The molecule has 1 saturated heterocycles. The molecule has 0 aromatic carbocycles. The number of likely N-dealkylation sites (tertiary alicyclic amines) is 1. The van der Waals surface area contributed by atoms with E-state index in [1.54, 1.807) is 11.8 Å². The zero-order chi connectivity index (χ0) is 12.4. The number of hydrogen-bond donors (Lipinski definition) is 1. The van der Waals surface area contributed by atoms with Gasteiger partial charge in [0.05, 0.1) is 0 Å². The molecular weight excluding hydrogens is 216 g/mol. The molecule has 0 spiro atoms. The van der Waals surface area contributed by atoms with Gasteiger partial charge in [0.2, 0.25) is 0 Å². The summed E-state index contributed by atoms with van der Waals surface area (Å²) in [5.74, 6) is 0.800. The molecule has 1 aliphatic heterocycles. The van der Waals surface area contributed by atoms with E-state index < -0.39 is 6.10 Å². The third-order valence-corrected chi connectivity index (χ3v) is 4.02. The molecule has 1 atom stereocenters. The number of aliphatic hydroxyl groups is 1. The standard InChI is InChI=1S/C13H24N2O2/c1-10(16)13(17)14(2)12-5-7-15(8-6-12)9-11-3-4-11/h10-12,16H,3-9H2,1-2H3. The minimum Gasteiger partial charge on any atom is -0.384 e. The number of aliphatic hydroxyl groups excluding tert-OH is 1. The summed E-state index contributed by atoms with van der Waals surface area (Å²) in [5, 5.41) is 9.30. The lowest BCUT2D eigenvalue weighted by Crippen LogP contribution is -2.48. The van der Waals surface area contributed by atoms with Crippen LogP contribution in [0.25, 0.3) is 0 Å². The van der Waals surface area contributed by atoms with Crippen LogP contribution in [-0.4, -0.2) is 59.6 Å². The Morgan fingerprint density at radius 3 is 2.41 bits per heavy atom. The van der Waals surface area contributed by atoms with E-state index in [9.17, 15) is 9.90 Å². The average molecular weight is 240 g/mol. The highest BCUT2D eigenvalue weighted by molar-refractivity contribution is 5.80. The van der Waals surface area contributed by atoms with Crippen molar-refractivity contribution in [2.75, 3.05) is 26.7 Å². The van der Waals surface area contributed by atoms with Crippen molar-refractivity contribution in [3.63, 3.8) is 0 Å². The summed E-state index contributed by atoms with van der Waals surface area (Å²) in [6, 6.07) is 0.313. The van der Waals surface area contributed by atoms with Crippen LogP contribution in [0, 0.1) is 5.92 Å². The van der Waals surface area contributed by atoms with Crippen LogP contribution in [0.1, 0.15) is 32.6 Å². The molecule has 17 heavy (non-hydrogen) atoms. The SMILES string of the molecule is CC(O)C(=O)N(C)C1CCN(CC2CC2)CC1. The largest absolute Gasteiger partial charge is 0.384 e. The monoisotopic (exact) mass is 240 g/mol. The Bertz CT molecular complexity index is 269. The van der Waals surface area contributed by atoms with E-state index >= 15 is 0 Å². The Labute approximate surface area is 104 Å². The van der Waals surface area contributed by atoms with Crippen LogP contribution in [0.4, 0.5) is 0 Å². The van der Waals surface area contributed by atoms with E-state index in [1.807, 2.05) is 7.05 Å². The zero-order valence-corrected chi connectivity index (χ0v) is 10.9. The molecule has 2 aliphatic rings. The van der Waals surface area contributed by atoms with Crippen molar-refractivity contribution in [1.29, 1.82) is 0 Å². The molecule has 0 bridgehead atoms. The van der Waals surface area contributed by atoms with E-state index in [0.717, 1.165) is 31.8 Å². The van der Waals surface area contributed by atoms with Crippen LogP contribution in [0.5, 0.6) is 0 Å². The third kappa shape index (κ3) is 3.42. The first kappa shape index (κ1) is 12.8. The summed E-state index contributed by atoms with van der Waals surface area (Å²) < 4.78 is 0. The van der Waals surface area contributed by atoms with E-state index in [1.165, 1.54) is 19.4 Å². The van der Waals surface area contributed by atoms with Gasteiger partial charge in [0.25, 0.3) is 5.91 Å². The van der Waals surface area contributed by atoms with Crippen LogP contribution in [0.15, 0.2) is 0 Å². The van der Waals surface area contributed by atoms with Crippen molar-refractivity contribution in [3.05, 3.63) is 0 Å². The Morgan fingerprint density at radius 2 is 1.94 bits per heavy atom. The molecule has 4 nitrogen and oxygen atoms in total. The first-order valence-corrected chi connectivity index (χ1v) is 6.75. The Balaban J connectivity index is 1.75. The van der Waals surface area contributed by atoms with Crippen LogP contribution in [0.3, 0.4) is 0 Å². The van der Waals surface area contributed by atoms with Crippen LogP contribution in [0.2, 0.25) is 0 Å². The smallest absolute Gasteiger partial charge is 0.251 e. The molecule has 0 aromatic heterocycles. The molecule has 1 amide bonds. The molecule has 1 saturated carbocycles. The molecule has 98 valence electrons. The van der Waals surface area contributed by atoms with Gasteiger partial charge in [-0.3, -0.25) is 4.79 Å². The van der Waals surface area contributed by atoms with Crippen LogP contribution < -0.4 is 0 Å². The minimum absolute atomic E-state index is 0.148. The minimum atomic E-state index is -0.871. The highest BCUT2D eigenvalue weighted by atomic mass is 16.3. The third-order valence-electron chi connectivity index (χ3n) is 4.02. The lowest BCUT2D eigenvalue weighted by molar-refractivity contribution is -0.140. The molecule has 0 aromatic rings. The first-order valence-electron chi connectivity index (χ1n) is 6.75. The fraction of sp³-hybridized carbons (Fsp3) is 0.923. The lowest BCUT2D eigenvalue weighted by atomic mass is 10.0. The van der Waals surface area contributed by atoms with Gasteiger partial charge < -0.3 is 14.9 Å². The predicted molar refractivity (Wildman–Crippen MR) is 66.6 cm³/mol. The highest BCUT2D eigenvalue weighted by Crippen LogP contribution is 2.30. The Morgan fingerprint density at radius 1 is 1.35 bits per heavy atom. The highest BCUT2D eigenvalue weighted by Gasteiger charge is 2.30. The number of rotatable bonds is 4. The van der Waals surface area contributed by atoms with Gasteiger partial charge in [-0.15, -0.1) is 0 Å². The number of amides is 1. The Kier molecular flexibility index (Phi) is 4.05. The summed E-state index contributed by atoms with van der Waals surface area (Å²) in [4.78, 5) is 15.9. The fourth-order valence-electron chi connectivity index (χ4n) is 2.63. The molecule has 1 N–H and O–H groups in total. The zero-order valence-electron chi connectivity index (χ0n) is 10.9. The molecule has 1 heterocycles. The van der Waals surface area contributed by atoms with Gasteiger partial charge in [0.15, 0.2) is 0 Å². The second-order valence-corrected chi connectivity index (χ2v) is 5.60. The van der Waals surface area contributed by atoms with Gasteiger partial charge in [-0.1, -0.05) is 0 Å². The molecule has 1 unspecified atom stereocenters. The van der Waals surface area contributed by atoms with Crippen LogP contribution >= 0.6 is 0 Å². The van der Waals surface area contributed by atoms with Crippen molar-refractivity contribution in [1.82, 2.24) is 9.80 Å². The van der Waals surface area contributed by atoms with Crippen molar-refractivity contribution >= 4 is 5.91 Å². The summed E-state index contributed by atoms with van der Waals surface area (Å²) in [6.45, 7) is 4.99. The maximum absolute atomic E-state index is 11.7. The fourth-order valence-corrected chi connectivity index (χ4v) is 2.63. The number of piperidine rings is 1. The maximum atomic E-state index is 11.7. The Hall–Kier alpha value is -0.610. The number of likely N-dealkylation sites (N-methyl/N-ethyl adjacent to an activating group) is 1. The number of carbonyl (C=O) groups is 1. The number of carbonyl (C=O) groups excluding carboxylic acids is 1.